The summed E-state index contributed by atoms with van der Waals surface area (Å²) in [5.74, 6) is 0.588. The summed E-state index contributed by atoms with van der Waals surface area (Å²) >= 11 is 0. The van der Waals surface area contributed by atoms with Gasteiger partial charge in [-0.1, -0.05) is 0 Å². The van der Waals surface area contributed by atoms with Gasteiger partial charge in [0.25, 0.3) is 0 Å². The summed E-state index contributed by atoms with van der Waals surface area (Å²) in [5, 5.41) is 14.0. The van der Waals surface area contributed by atoms with Crippen LogP contribution in [0, 0.1) is 11.5 Å². The van der Waals surface area contributed by atoms with E-state index in [4.69, 9.17) is 5.26 Å². The molecule has 2 N–H and O–H groups in total. The second kappa shape index (κ2) is 2.35. The minimum Gasteiger partial charge on any atom is -0.353 e. The van der Waals surface area contributed by atoms with Crippen LogP contribution in [0.25, 0.3) is 0 Å². The van der Waals surface area contributed by atoms with Gasteiger partial charge in [0.15, 0.2) is 0 Å². The summed E-state index contributed by atoms with van der Waals surface area (Å²) in [4.78, 5) is 3.47. The third-order valence-corrected chi connectivity index (χ3v) is 1.12. The molecule has 1 fully saturated rings. The third-order valence-electron chi connectivity index (χ3n) is 1.12. The Balaban J connectivity index is 2.50. The first-order valence-corrected chi connectivity index (χ1v) is 2.80. The molecular formula is C5H8N4. The predicted octanol–water partition coefficient (Wildman–Crippen LogP) is -0.595. The van der Waals surface area contributed by atoms with Gasteiger partial charge < -0.3 is 10.6 Å². The van der Waals surface area contributed by atoms with Crippen LogP contribution in [0.3, 0.4) is 0 Å². The van der Waals surface area contributed by atoms with E-state index in [1.165, 1.54) is 0 Å². The van der Waals surface area contributed by atoms with E-state index in [1.54, 1.807) is 6.19 Å². The van der Waals surface area contributed by atoms with Crippen molar-refractivity contribution in [1.29, 1.82) is 5.26 Å². The van der Waals surface area contributed by atoms with Gasteiger partial charge in [0.1, 0.15) is 0 Å². The zero-order chi connectivity index (χ0) is 6.69. The van der Waals surface area contributed by atoms with Crippen LogP contribution in [0.1, 0.15) is 6.92 Å². The maximum absolute atomic E-state index is 8.10. The average Bonchev–Trinajstić information content (AvgIpc) is 2.17. The molecule has 4 heteroatoms. The van der Waals surface area contributed by atoms with Crippen LogP contribution in [0.4, 0.5) is 0 Å². The lowest BCUT2D eigenvalue weighted by Crippen LogP contribution is -2.25. The van der Waals surface area contributed by atoms with Crippen LogP contribution >= 0.6 is 0 Å². The van der Waals surface area contributed by atoms with Crippen molar-refractivity contribution in [2.24, 2.45) is 4.99 Å². The van der Waals surface area contributed by atoms with E-state index in [2.05, 4.69) is 15.6 Å². The lowest BCUT2D eigenvalue weighted by atomic mass is 10.4. The largest absolute Gasteiger partial charge is 0.353 e. The highest BCUT2D eigenvalue weighted by atomic mass is 15.2. The SMILES string of the molecule is CC1CNC(=NC#N)N1. The lowest BCUT2D eigenvalue weighted by Gasteiger charge is -1.95. The Morgan fingerprint density at radius 3 is 3.11 bits per heavy atom. The second-order valence-electron chi connectivity index (χ2n) is 1.99. The molecule has 48 valence electrons. The molecule has 1 heterocycles. The van der Waals surface area contributed by atoms with Crippen LogP contribution in [0.15, 0.2) is 4.99 Å². The van der Waals surface area contributed by atoms with Crippen molar-refractivity contribution < 1.29 is 0 Å². The highest BCUT2D eigenvalue weighted by Gasteiger charge is 2.12. The first-order chi connectivity index (χ1) is 4.33. The summed E-state index contributed by atoms with van der Waals surface area (Å²) in [7, 11) is 0. The van der Waals surface area contributed by atoms with E-state index in [0.29, 0.717) is 12.0 Å². The molecule has 9 heavy (non-hydrogen) atoms. The minimum atomic E-state index is 0.386. The fraction of sp³-hybridized carbons (Fsp3) is 0.600. The summed E-state index contributed by atoms with van der Waals surface area (Å²) in [6.45, 7) is 2.87. The second-order valence-corrected chi connectivity index (χ2v) is 1.99. The van der Waals surface area contributed by atoms with Gasteiger partial charge in [-0.15, -0.1) is 4.99 Å². The van der Waals surface area contributed by atoms with Gasteiger partial charge in [-0.3, -0.25) is 0 Å². The molecule has 0 aliphatic carbocycles. The Hall–Kier alpha value is -1.24. The molecule has 1 rings (SSSR count). The molecular weight excluding hydrogens is 116 g/mol. The maximum atomic E-state index is 8.10. The molecule has 4 nitrogen and oxygen atoms in total. The first-order valence-electron chi connectivity index (χ1n) is 2.80. The fourth-order valence-electron chi connectivity index (χ4n) is 0.707. The molecule has 1 unspecified atom stereocenters. The smallest absolute Gasteiger partial charge is 0.209 e. The number of guanidine groups is 1. The van der Waals surface area contributed by atoms with E-state index in [9.17, 15) is 0 Å². The summed E-state index contributed by atoms with van der Waals surface area (Å²) < 4.78 is 0. The molecule has 0 aromatic heterocycles. The maximum Gasteiger partial charge on any atom is 0.209 e. The predicted molar refractivity (Wildman–Crippen MR) is 33.6 cm³/mol. The molecule has 0 radical (unpaired) electrons. The highest BCUT2D eigenvalue weighted by Crippen LogP contribution is 1.86. The van der Waals surface area contributed by atoms with Gasteiger partial charge in [-0.2, -0.15) is 5.26 Å². The van der Waals surface area contributed by atoms with Gasteiger partial charge in [0.05, 0.1) is 0 Å². The Bertz CT molecular complexity index is 166. The Morgan fingerprint density at radius 2 is 2.67 bits per heavy atom. The zero-order valence-electron chi connectivity index (χ0n) is 5.18. The van der Waals surface area contributed by atoms with Gasteiger partial charge >= 0.3 is 0 Å². The van der Waals surface area contributed by atoms with Gasteiger partial charge in [-0.25, -0.2) is 0 Å². The molecule has 0 aromatic carbocycles. The molecule has 1 saturated heterocycles. The van der Waals surface area contributed by atoms with Crippen molar-refractivity contribution in [3.63, 3.8) is 0 Å². The number of rotatable bonds is 0. The number of aliphatic imine (C=N–C) groups is 1. The number of nitrogens with zero attached hydrogens (tertiary/aromatic N) is 2. The molecule has 1 atom stereocenters. The average molecular weight is 124 g/mol. The van der Waals surface area contributed by atoms with Gasteiger partial charge in [-0.05, 0) is 6.92 Å². The van der Waals surface area contributed by atoms with Crippen molar-refractivity contribution in [3.8, 4) is 6.19 Å². The van der Waals surface area contributed by atoms with Crippen molar-refractivity contribution in [2.45, 2.75) is 13.0 Å². The zero-order valence-corrected chi connectivity index (χ0v) is 5.18. The molecule has 0 bridgehead atoms. The Morgan fingerprint density at radius 1 is 1.89 bits per heavy atom. The van der Waals surface area contributed by atoms with Crippen molar-refractivity contribution in [2.75, 3.05) is 6.54 Å². The van der Waals surface area contributed by atoms with Crippen molar-refractivity contribution in [3.05, 3.63) is 0 Å². The van der Waals surface area contributed by atoms with Crippen LogP contribution in [0.2, 0.25) is 0 Å². The van der Waals surface area contributed by atoms with E-state index in [-0.39, 0.29) is 0 Å². The minimum absolute atomic E-state index is 0.386. The molecule has 1 aliphatic rings. The van der Waals surface area contributed by atoms with Gasteiger partial charge in [0.2, 0.25) is 12.2 Å². The third kappa shape index (κ3) is 1.32. The molecule has 0 aromatic rings. The molecule has 0 saturated carbocycles. The van der Waals surface area contributed by atoms with Crippen LogP contribution in [-0.2, 0) is 0 Å². The topological polar surface area (TPSA) is 60.2 Å². The van der Waals surface area contributed by atoms with E-state index >= 15 is 0 Å². The Kier molecular flexibility index (Phi) is 1.54. The van der Waals surface area contributed by atoms with Crippen molar-refractivity contribution >= 4 is 5.96 Å². The monoisotopic (exact) mass is 124 g/mol. The quantitative estimate of drug-likeness (QED) is 0.424. The summed E-state index contributed by atoms with van der Waals surface area (Å²) in [6, 6.07) is 0.386. The fourth-order valence-corrected chi connectivity index (χ4v) is 0.707. The molecule has 0 spiro atoms. The van der Waals surface area contributed by atoms with Crippen LogP contribution in [-0.4, -0.2) is 18.5 Å². The van der Waals surface area contributed by atoms with Crippen LogP contribution < -0.4 is 10.6 Å². The lowest BCUT2D eigenvalue weighted by molar-refractivity contribution is 0.723. The number of hydrogen-bond acceptors (Lipinski definition) is 2. The molecule has 0 amide bonds. The van der Waals surface area contributed by atoms with Gasteiger partial charge in [0, 0.05) is 12.6 Å². The summed E-state index contributed by atoms with van der Waals surface area (Å²) in [5.41, 5.74) is 0. The number of nitrogens with one attached hydrogen (secondary N) is 2. The number of nitriles is 1. The standard InChI is InChI=1S/C5H8N4/c1-4-2-7-5(9-4)8-3-6/h4H,2H2,1H3,(H2,7,8,9). The highest BCUT2D eigenvalue weighted by molar-refractivity contribution is 5.82. The first kappa shape index (κ1) is 5.89. The van der Waals surface area contributed by atoms with Crippen molar-refractivity contribution in [1.82, 2.24) is 10.6 Å². The summed E-state index contributed by atoms with van der Waals surface area (Å²) in [6.07, 6.45) is 1.69. The van der Waals surface area contributed by atoms with E-state index in [0.717, 1.165) is 6.54 Å². The normalized spacial score (nSPS) is 28.9. The van der Waals surface area contributed by atoms with E-state index < -0.39 is 0 Å². The van der Waals surface area contributed by atoms with E-state index in [1.807, 2.05) is 6.92 Å². The van der Waals surface area contributed by atoms with Crippen LogP contribution in [0.5, 0.6) is 0 Å². The molecule has 1 aliphatic heterocycles. The Labute approximate surface area is 53.6 Å². The number of hydrogen-bond donors (Lipinski definition) is 2.